The lowest BCUT2D eigenvalue weighted by Crippen LogP contribution is -2.19. The molecule has 86 valence electrons. The molecule has 1 aromatic rings. The second kappa shape index (κ2) is 5.87. The highest BCUT2D eigenvalue weighted by Gasteiger charge is 2.04. The van der Waals surface area contributed by atoms with Crippen LogP contribution in [0.25, 0.3) is 0 Å². The summed E-state index contributed by atoms with van der Waals surface area (Å²) in [6, 6.07) is 6.54. The molecule has 0 heterocycles. The first kappa shape index (κ1) is 12.2. The summed E-state index contributed by atoms with van der Waals surface area (Å²) in [6.45, 7) is 0.612. The first-order valence-electron chi connectivity index (χ1n) is 4.98. The van der Waals surface area contributed by atoms with Crippen molar-refractivity contribution >= 4 is 17.5 Å². The second-order valence-corrected chi connectivity index (χ2v) is 3.35. The van der Waals surface area contributed by atoms with Crippen LogP contribution >= 0.6 is 0 Å². The highest BCUT2D eigenvalue weighted by atomic mass is 16.2. The fraction of sp³-hybridized carbons (Fsp3) is 0.273. The van der Waals surface area contributed by atoms with Crippen molar-refractivity contribution in [3.63, 3.8) is 0 Å². The normalized spacial score (nSPS) is 9.81. The van der Waals surface area contributed by atoms with Crippen LogP contribution in [-0.2, 0) is 4.79 Å². The van der Waals surface area contributed by atoms with Crippen molar-refractivity contribution < 1.29 is 9.59 Å². The first-order valence-corrected chi connectivity index (χ1v) is 4.98. The van der Waals surface area contributed by atoms with Gasteiger partial charge in [-0.15, -0.1) is 0 Å². The summed E-state index contributed by atoms with van der Waals surface area (Å²) in [5.41, 5.74) is 6.09. The summed E-state index contributed by atoms with van der Waals surface area (Å²) < 4.78 is 0. The van der Waals surface area contributed by atoms with Gasteiger partial charge in [0.05, 0.1) is 0 Å². The van der Waals surface area contributed by atoms with Gasteiger partial charge in [0.2, 0.25) is 11.8 Å². The molecule has 0 aliphatic carbocycles. The molecule has 0 aromatic heterocycles. The van der Waals surface area contributed by atoms with E-state index in [-0.39, 0.29) is 5.91 Å². The molecule has 0 bridgehead atoms. The van der Waals surface area contributed by atoms with E-state index in [0.717, 1.165) is 0 Å². The van der Waals surface area contributed by atoms with Crippen LogP contribution in [0, 0.1) is 0 Å². The maximum Gasteiger partial charge on any atom is 0.248 e. The fourth-order valence-corrected chi connectivity index (χ4v) is 1.21. The standard InChI is InChI=1S/C11H15N3O2/c1-13-6-5-10(15)14-9-4-2-3-8(7-9)11(12)16/h2-4,7,13H,5-6H2,1H3,(H2,12,16)(H,14,15). The molecule has 2 amide bonds. The molecule has 0 saturated carbocycles. The highest BCUT2D eigenvalue weighted by molar-refractivity contribution is 5.96. The van der Waals surface area contributed by atoms with Crippen LogP contribution in [0.1, 0.15) is 16.8 Å². The van der Waals surface area contributed by atoms with Crippen molar-refractivity contribution in [2.45, 2.75) is 6.42 Å². The van der Waals surface area contributed by atoms with E-state index in [4.69, 9.17) is 5.73 Å². The number of anilines is 1. The molecular weight excluding hydrogens is 206 g/mol. The van der Waals surface area contributed by atoms with Gasteiger partial charge in [-0.05, 0) is 25.2 Å². The summed E-state index contributed by atoms with van der Waals surface area (Å²) in [6.07, 6.45) is 0.386. The number of carbonyl (C=O) groups excluding carboxylic acids is 2. The number of rotatable bonds is 5. The minimum Gasteiger partial charge on any atom is -0.366 e. The molecule has 5 nitrogen and oxygen atoms in total. The van der Waals surface area contributed by atoms with E-state index in [0.29, 0.717) is 24.2 Å². The van der Waals surface area contributed by atoms with Crippen molar-refractivity contribution in [1.82, 2.24) is 5.32 Å². The lowest BCUT2D eigenvalue weighted by molar-refractivity contribution is -0.116. The van der Waals surface area contributed by atoms with Crippen LogP contribution in [0.3, 0.4) is 0 Å². The summed E-state index contributed by atoms with van der Waals surface area (Å²) in [7, 11) is 1.78. The van der Waals surface area contributed by atoms with Crippen LogP contribution in [0.2, 0.25) is 0 Å². The van der Waals surface area contributed by atoms with Gasteiger partial charge < -0.3 is 16.4 Å². The third-order valence-corrected chi connectivity index (χ3v) is 2.03. The Morgan fingerprint density at radius 2 is 2.12 bits per heavy atom. The van der Waals surface area contributed by atoms with E-state index >= 15 is 0 Å². The lowest BCUT2D eigenvalue weighted by Gasteiger charge is -2.05. The zero-order valence-corrected chi connectivity index (χ0v) is 9.12. The maximum atomic E-state index is 11.4. The first-order chi connectivity index (χ1) is 7.63. The van der Waals surface area contributed by atoms with Gasteiger partial charge in [-0.2, -0.15) is 0 Å². The van der Waals surface area contributed by atoms with Crippen molar-refractivity contribution in [2.24, 2.45) is 5.73 Å². The number of benzene rings is 1. The predicted molar refractivity (Wildman–Crippen MR) is 62.1 cm³/mol. The van der Waals surface area contributed by atoms with E-state index in [1.54, 1.807) is 31.3 Å². The summed E-state index contributed by atoms with van der Waals surface area (Å²) in [4.78, 5) is 22.3. The second-order valence-electron chi connectivity index (χ2n) is 3.35. The van der Waals surface area contributed by atoms with Gasteiger partial charge >= 0.3 is 0 Å². The predicted octanol–water partition coefficient (Wildman–Crippen LogP) is 0.333. The zero-order chi connectivity index (χ0) is 12.0. The number of primary amides is 1. The van der Waals surface area contributed by atoms with Crippen LogP contribution in [0.15, 0.2) is 24.3 Å². The molecular formula is C11H15N3O2. The average Bonchev–Trinajstić information content (AvgIpc) is 2.26. The summed E-state index contributed by atoms with van der Waals surface area (Å²) in [5.74, 6) is -0.609. The van der Waals surface area contributed by atoms with E-state index in [1.165, 1.54) is 0 Å². The highest BCUT2D eigenvalue weighted by Crippen LogP contribution is 2.10. The molecule has 0 aliphatic rings. The Kier molecular flexibility index (Phi) is 4.47. The van der Waals surface area contributed by atoms with Crippen molar-refractivity contribution in [3.8, 4) is 0 Å². The molecule has 0 spiro atoms. The molecule has 4 N–H and O–H groups in total. The Balaban J connectivity index is 2.63. The molecule has 0 unspecified atom stereocenters. The van der Waals surface area contributed by atoms with Gasteiger partial charge in [0.1, 0.15) is 0 Å². The Labute approximate surface area is 94.0 Å². The smallest absolute Gasteiger partial charge is 0.248 e. The minimum absolute atomic E-state index is 0.101. The number of carbonyl (C=O) groups is 2. The molecule has 0 fully saturated rings. The van der Waals surface area contributed by atoms with E-state index in [2.05, 4.69) is 10.6 Å². The molecule has 1 aromatic carbocycles. The summed E-state index contributed by atoms with van der Waals surface area (Å²) in [5, 5.41) is 5.56. The molecule has 0 aliphatic heterocycles. The third-order valence-electron chi connectivity index (χ3n) is 2.03. The molecule has 0 saturated heterocycles. The third kappa shape index (κ3) is 3.70. The molecule has 0 atom stereocenters. The van der Waals surface area contributed by atoms with Crippen molar-refractivity contribution in [1.29, 1.82) is 0 Å². The maximum absolute atomic E-state index is 11.4. The zero-order valence-electron chi connectivity index (χ0n) is 9.12. The Hall–Kier alpha value is -1.88. The SMILES string of the molecule is CNCCC(=O)Nc1cccc(C(N)=O)c1. The number of hydrogen-bond donors (Lipinski definition) is 3. The van der Waals surface area contributed by atoms with E-state index in [9.17, 15) is 9.59 Å². The van der Waals surface area contributed by atoms with Gasteiger partial charge in [0.15, 0.2) is 0 Å². The van der Waals surface area contributed by atoms with E-state index in [1.807, 2.05) is 0 Å². The van der Waals surface area contributed by atoms with Crippen LogP contribution in [0.4, 0.5) is 5.69 Å². The topological polar surface area (TPSA) is 84.2 Å². The van der Waals surface area contributed by atoms with Gasteiger partial charge in [-0.1, -0.05) is 6.07 Å². The van der Waals surface area contributed by atoms with Crippen LogP contribution < -0.4 is 16.4 Å². The number of amides is 2. The van der Waals surface area contributed by atoms with Crippen LogP contribution in [0.5, 0.6) is 0 Å². The molecule has 5 heteroatoms. The van der Waals surface area contributed by atoms with Crippen molar-refractivity contribution in [2.75, 3.05) is 18.9 Å². The largest absolute Gasteiger partial charge is 0.366 e. The quantitative estimate of drug-likeness (QED) is 0.670. The molecule has 1 rings (SSSR count). The van der Waals surface area contributed by atoms with Gasteiger partial charge in [-0.3, -0.25) is 9.59 Å². The van der Waals surface area contributed by atoms with Gasteiger partial charge in [-0.25, -0.2) is 0 Å². The Morgan fingerprint density at radius 1 is 1.38 bits per heavy atom. The number of hydrogen-bond acceptors (Lipinski definition) is 3. The molecule has 16 heavy (non-hydrogen) atoms. The molecule has 0 radical (unpaired) electrons. The van der Waals surface area contributed by atoms with E-state index < -0.39 is 5.91 Å². The average molecular weight is 221 g/mol. The number of nitrogens with two attached hydrogens (primary N) is 1. The Morgan fingerprint density at radius 3 is 2.75 bits per heavy atom. The van der Waals surface area contributed by atoms with Gasteiger partial charge in [0, 0.05) is 24.2 Å². The fourth-order valence-electron chi connectivity index (χ4n) is 1.21. The van der Waals surface area contributed by atoms with Gasteiger partial charge in [0.25, 0.3) is 0 Å². The van der Waals surface area contributed by atoms with Crippen molar-refractivity contribution in [3.05, 3.63) is 29.8 Å². The lowest BCUT2D eigenvalue weighted by atomic mass is 10.2. The van der Waals surface area contributed by atoms with Crippen LogP contribution in [-0.4, -0.2) is 25.4 Å². The monoisotopic (exact) mass is 221 g/mol. The Bertz CT molecular complexity index is 391. The summed E-state index contributed by atoms with van der Waals surface area (Å²) >= 11 is 0. The minimum atomic E-state index is -0.508. The number of nitrogens with one attached hydrogen (secondary N) is 2.